The fraction of sp³-hybridized carbons (Fsp3) is 0.143. The van der Waals surface area contributed by atoms with Crippen LogP contribution in [-0.2, 0) is 6.42 Å². The first-order valence-electron chi connectivity index (χ1n) is 6.19. The average molecular weight is 326 g/mol. The Morgan fingerprint density at radius 2 is 1.95 bits per heavy atom. The van der Waals surface area contributed by atoms with Crippen molar-refractivity contribution in [2.75, 3.05) is 17.6 Å². The predicted molar refractivity (Wildman–Crippen MR) is 86.2 cm³/mol. The fourth-order valence-corrected chi connectivity index (χ4v) is 2.40. The third-order valence-corrected chi connectivity index (χ3v) is 3.55. The van der Waals surface area contributed by atoms with E-state index in [9.17, 15) is 10.1 Å². The highest BCUT2D eigenvalue weighted by Gasteiger charge is 2.10. The molecule has 0 aliphatic carbocycles. The van der Waals surface area contributed by atoms with Crippen molar-refractivity contribution in [1.82, 2.24) is 0 Å². The van der Waals surface area contributed by atoms with Crippen molar-refractivity contribution < 1.29 is 4.92 Å². The molecule has 0 saturated carbocycles. The Balaban J connectivity index is 1.97. The van der Waals surface area contributed by atoms with Gasteiger partial charge in [-0.1, -0.05) is 29.3 Å². The van der Waals surface area contributed by atoms with Gasteiger partial charge in [0.1, 0.15) is 5.69 Å². The SMILES string of the molecule is Nc1cc(NCCc2ccc(Cl)cc2Cl)ccc1[N+](=O)[O-]. The lowest BCUT2D eigenvalue weighted by Crippen LogP contribution is -2.06. The normalized spacial score (nSPS) is 10.4. The van der Waals surface area contributed by atoms with Gasteiger partial charge in [0.25, 0.3) is 5.69 Å². The minimum Gasteiger partial charge on any atom is -0.393 e. The van der Waals surface area contributed by atoms with Crippen LogP contribution in [0.5, 0.6) is 0 Å². The zero-order chi connectivity index (χ0) is 15.4. The number of rotatable bonds is 5. The van der Waals surface area contributed by atoms with Gasteiger partial charge >= 0.3 is 0 Å². The number of nitro benzene ring substituents is 1. The molecule has 110 valence electrons. The molecule has 0 aromatic heterocycles. The molecule has 0 heterocycles. The molecule has 0 aliphatic rings. The largest absolute Gasteiger partial charge is 0.393 e. The maximum Gasteiger partial charge on any atom is 0.292 e. The molecule has 0 atom stereocenters. The van der Waals surface area contributed by atoms with Crippen LogP contribution in [0, 0.1) is 10.1 Å². The van der Waals surface area contributed by atoms with Crippen molar-refractivity contribution in [3.8, 4) is 0 Å². The van der Waals surface area contributed by atoms with Gasteiger partial charge in [-0.3, -0.25) is 10.1 Å². The van der Waals surface area contributed by atoms with Crippen molar-refractivity contribution in [3.05, 3.63) is 62.1 Å². The van der Waals surface area contributed by atoms with Gasteiger partial charge in [0.15, 0.2) is 0 Å². The molecule has 0 radical (unpaired) electrons. The summed E-state index contributed by atoms with van der Waals surface area (Å²) in [5, 5.41) is 15.0. The van der Waals surface area contributed by atoms with E-state index >= 15 is 0 Å². The van der Waals surface area contributed by atoms with E-state index in [0.717, 1.165) is 11.3 Å². The first-order valence-corrected chi connectivity index (χ1v) is 6.94. The van der Waals surface area contributed by atoms with E-state index in [-0.39, 0.29) is 11.4 Å². The number of hydrogen-bond acceptors (Lipinski definition) is 4. The van der Waals surface area contributed by atoms with Crippen LogP contribution in [0.3, 0.4) is 0 Å². The van der Waals surface area contributed by atoms with Crippen LogP contribution >= 0.6 is 23.2 Å². The summed E-state index contributed by atoms with van der Waals surface area (Å²) in [6.45, 7) is 0.624. The summed E-state index contributed by atoms with van der Waals surface area (Å²) in [5.41, 5.74) is 7.37. The fourth-order valence-electron chi connectivity index (χ4n) is 1.90. The highest BCUT2D eigenvalue weighted by molar-refractivity contribution is 6.35. The van der Waals surface area contributed by atoms with Crippen LogP contribution in [0.4, 0.5) is 17.1 Å². The first kappa shape index (κ1) is 15.4. The summed E-state index contributed by atoms with van der Waals surface area (Å²) in [6.07, 6.45) is 0.701. The molecule has 2 aromatic rings. The maximum absolute atomic E-state index is 10.7. The Bertz CT molecular complexity index is 677. The Morgan fingerprint density at radius 1 is 1.19 bits per heavy atom. The number of benzene rings is 2. The average Bonchev–Trinajstić information content (AvgIpc) is 2.41. The van der Waals surface area contributed by atoms with E-state index in [2.05, 4.69) is 5.32 Å². The van der Waals surface area contributed by atoms with E-state index in [1.165, 1.54) is 6.07 Å². The van der Waals surface area contributed by atoms with Crippen molar-refractivity contribution >= 4 is 40.3 Å². The van der Waals surface area contributed by atoms with E-state index < -0.39 is 4.92 Å². The second kappa shape index (κ2) is 6.65. The highest BCUT2D eigenvalue weighted by atomic mass is 35.5. The minimum atomic E-state index is -0.507. The van der Waals surface area contributed by atoms with E-state index in [4.69, 9.17) is 28.9 Å². The van der Waals surface area contributed by atoms with E-state index in [1.54, 1.807) is 24.3 Å². The van der Waals surface area contributed by atoms with Gasteiger partial charge in [0.05, 0.1) is 4.92 Å². The number of nitro groups is 1. The minimum absolute atomic E-state index is 0.0960. The lowest BCUT2D eigenvalue weighted by molar-refractivity contribution is -0.383. The first-order chi connectivity index (χ1) is 9.97. The monoisotopic (exact) mass is 325 g/mol. The molecule has 0 saturated heterocycles. The number of nitrogens with one attached hydrogen (secondary N) is 1. The summed E-state index contributed by atoms with van der Waals surface area (Å²) in [4.78, 5) is 10.2. The van der Waals surface area contributed by atoms with E-state index in [0.29, 0.717) is 23.0 Å². The maximum atomic E-state index is 10.7. The molecule has 0 bridgehead atoms. The molecule has 2 rings (SSSR count). The van der Waals surface area contributed by atoms with E-state index in [1.807, 2.05) is 6.07 Å². The van der Waals surface area contributed by atoms with Crippen LogP contribution in [-0.4, -0.2) is 11.5 Å². The molecular formula is C14H13Cl2N3O2. The van der Waals surface area contributed by atoms with Crippen LogP contribution in [0.15, 0.2) is 36.4 Å². The van der Waals surface area contributed by atoms with Crippen LogP contribution in [0.25, 0.3) is 0 Å². The zero-order valence-corrected chi connectivity index (χ0v) is 12.5. The summed E-state index contributed by atoms with van der Waals surface area (Å²) in [5.74, 6) is 0. The Labute approximate surface area is 131 Å². The van der Waals surface area contributed by atoms with Gasteiger partial charge in [-0.05, 0) is 36.2 Å². The number of anilines is 2. The summed E-state index contributed by atoms with van der Waals surface area (Å²) >= 11 is 11.9. The molecule has 0 aliphatic heterocycles. The van der Waals surface area contributed by atoms with Gasteiger partial charge in [-0.2, -0.15) is 0 Å². The third kappa shape index (κ3) is 4.00. The number of halogens is 2. The van der Waals surface area contributed by atoms with Crippen molar-refractivity contribution in [3.63, 3.8) is 0 Å². The quantitative estimate of drug-likeness (QED) is 0.491. The number of nitrogens with two attached hydrogens (primary N) is 1. The van der Waals surface area contributed by atoms with Crippen LogP contribution in [0.2, 0.25) is 10.0 Å². The highest BCUT2D eigenvalue weighted by Crippen LogP contribution is 2.25. The molecule has 0 unspecified atom stereocenters. The lowest BCUT2D eigenvalue weighted by Gasteiger charge is -2.09. The molecule has 5 nitrogen and oxygen atoms in total. The number of nitrogen functional groups attached to an aromatic ring is 1. The number of hydrogen-bond donors (Lipinski definition) is 2. The molecular weight excluding hydrogens is 313 g/mol. The summed E-state index contributed by atoms with van der Waals surface area (Å²) in [6, 6.07) is 9.90. The lowest BCUT2D eigenvalue weighted by atomic mass is 10.1. The molecule has 7 heteroatoms. The smallest absolute Gasteiger partial charge is 0.292 e. The van der Waals surface area contributed by atoms with Crippen molar-refractivity contribution in [2.24, 2.45) is 0 Å². The van der Waals surface area contributed by atoms with Crippen LogP contribution in [0.1, 0.15) is 5.56 Å². The second-order valence-electron chi connectivity index (χ2n) is 4.44. The predicted octanol–water partition coefficient (Wildman–Crippen LogP) is 4.14. The third-order valence-electron chi connectivity index (χ3n) is 2.96. The Morgan fingerprint density at radius 3 is 2.57 bits per heavy atom. The van der Waals surface area contributed by atoms with Crippen LogP contribution < -0.4 is 11.1 Å². The molecule has 3 N–H and O–H groups in total. The standard InChI is InChI=1S/C14H13Cl2N3O2/c15-10-2-1-9(12(16)7-10)5-6-18-11-3-4-14(19(20)21)13(17)8-11/h1-4,7-8,18H,5-6,17H2. The van der Waals surface area contributed by atoms with Crippen molar-refractivity contribution in [2.45, 2.75) is 6.42 Å². The molecule has 0 fully saturated rings. The van der Waals surface area contributed by atoms with Gasteiger partial charge in [-0.15, -0.1) is 0 Å². The zero-order valence-electron chi connectivity index (χ0n) is 11.0. The number of nitrogens with zero attached hydrogens (tertiary/aromatic N) is 1. The second-order valence-corrected chi connectivity index (χ2v) is 5.29. The van der Waals surface area contributed by atoms with Crippen molar-refractivity contribution in [1.29, 1.82) is 0 Å². The van der Waals surface area contributed by atoms with Gasteiger partial charge in [0, 0.05) is 28.3 Å². The topological polar surface area (TPSA) is 81.2 Å². The Kier molecular flexibility index (Phi) is 4.88. The van der Waals surface area contributed by atoms with Gasteiger partial charge in [0.2, 0.25) is 0 Å². The molecule has 0 amide bonds. The summed E-state index contributed by atoms with van der Waals surface area (Å²) in [7, 11) is 0. The van der Waals surface area contributed by atoms with Gasteiger partial charge in [-0.25, -0.2) is 0 Å². The Hall–Kier alpha value is -1.98. The summed E-state index contributed by atoms with van der Waals surface area (Å²) < 4.78 is 0. The molecule has 21 heavy (non-hydrogen) atoms. The molecule has 0 spiro atoms. The van der Waals surface area contributed by atoms with Gasteiger partial charge < -0.3 is 11.1 Å². The molecule has 2 aromatic carbocycles.